The molecular weight excluding hydrogens is 432 g/mol. The van der Waals surface area contributed by atoms with Crippen LogP contribution >= 0.6 is 15.9 Å². The lowest BCUT2D eigenvalue weighted by atomic mass is 9.90. The number of rotatable bonds is 0. The minimum absolute atomic E-state index is 0.918. The van der Waals surface area contributed by atoms with Gasteiger partial charge in [0.05, 0.1) is 0 Å². The fourth-order valence-electron chi connectivity index (χ4n) is 4.96. The molecule has 0 bridgehead atoms. The molecule has 7 rings (SSSR count). The van der Waals surface area contributed by atoms with Crippen molar-refractivity contribution in [2.24, 2.45) is 0 Å². The van der Waals surface area contributed by atoms with Gasteiger partial charge >= 0.3 is 0 Å². The van der Waals surface area contributed by atoms with Crippen LogP contribution in [0.3, 0.4) is 0 Å². The molecule has 0 atom stereocenters. The molecule has 0 aliphatic heterocycles. The van der Waals surface area contributed by atoms with Gasteiger partial charge in [0, 0.05) is 15.2 Å². The van der Waals surface area contributed by atoms with E-state index in [1.54, 1.807) is 0 Å². The van der Waals surface area contributed by atoms with Gasteiger partial charge in [-0.05, 0) is 73.4 Å². The maximum absolute atomic E-state index is 6.27. The summed E-state index contributed by atoms with van der Waals surface area (Å²) in [5.74, 6) is 0. The van der Waals surface area contributed by atoms with E-state index >= 15 is 0 Å². The summed E-state index contributed by atoms with van der Waals surface area (Å²) in [6, 6.07) is 32.6. The smallest absolute Gasteiger partial charge is 0.136 e. The zero-order valence-corrected chi connectivity index (χ0v) is 17.5. The molecule has 0 N–H and O–H groups in total. The summed E-state index contributed by atoms with van der Waals surface area (Å²) in [6.45, 7) is 0. The average molecular weight is 447 g/mol. The van der Waals surface area contributed by atoms with Gasteiger partial charge in [0.15, 0.2) is 0 Å². The average Bonchev–Trinajstić information content (AvgIpc) is 3.14. The second-order valence-electron chi connectivity index (χ2n) is 7.89. The van der Waals surface area contributed by atoms with Crippen molar-refractivity contribution in [3.63, 3.8) is 0 Å². The van der Waals surface area contributed by atoms with Crippen LogP contribution in [-0.4, -0.2) is 0 Å². The second kappa shape index (κ2) is 5.84. The lowest BCUT2D eigenvalue weighted by Crippen LogP contribution is -1.85. The van der Waals surface area contributed by atoms with Crippen molar-refractivity contribution >= 4 is 81.0 Å². The largest absolute Gasteiger partial charge is 0.456 e. The third-order valence-corrected chi connectivity index (χ3v) is 6.77. The first-order valence-corrected chi connectivity index (χ1v) is 10.8. The Morgan fingerprint density at radius 1 is 0.467 bits per heavy atom. The molecule has 0 unspecified atom stereocenters. The first-order valence-electron chi connectivity index (χ1n) is 10.1. The zero-order valence-electron chi connectivity index (χ0n) is 15.9. The van der Waals surface area contributed by atoms with Crippen LogP contribution in [0.15, 0.2) is 99.9 Å². The van der Waals surface area contributed by atoms with Crippen molar-refractivity contribution in [3.05, 3.63) is 95.5 Å². The van der Waals surface area contributed by atoms with Crippen molar-refractivity contribution in [2.75, 3.05) is 0 Å². The summed E-state index contributed by atoms with van der Waals surface area (Å²) in [6.07, 6.45) is 0. The third kappa shape index (κ3) is 2.12. The molecule has 0 saturated heterocycles. The quantitative estimate of drug-likeness (QED) is 0.212. The molecule has 140 valence electrons. The molecule has 0 fully saturated rings. The van der Waals surface area contributed by atoms with Crippen molar-refractivity contribution < 1.29 is 4.42 Å². The first kappa shape index (κ1) is 16.4. The highest BCUT2D eigenvalue weighted by Crippen LogP contribution is 2.42. The summed E-state index contributed by atoms with van der Waals surface area (Å²) >= 11 is 3.61. The van der Waals surface area contributed by atoms with Gasteiger partial charge in [0.1, 0.15) is 11.2 Å². The maximum atomic E-state index is 6.27. The highest BCUT2D eigenvalue weighted by Gasteiger charge is 2.15. The lowest BCUT2D eigenvalue weighted by Gasteiger charge is -2.13. The van der Waals surface area contributed by atoms with Gasteiger partial charge in [-0.25, -0.2) is 0 Å². The third-order valence-electron chi connectivity index (χ3n) is 6.28. The summed E-state index contributed by atoms with van der Waals surface area (Å²) in [7, 11) is 0. The van der Waals surface area contributed by atoms with E-state index in [-0.39, 0.29) is 0 Å². The van der Waals surface area contributed by atoms with E-state index < -0.39 is 0 Å². The Balaban J connectivity index is 1.82. The summed E-state index contributed by atoms with van der Waals surface area (Å²) < 4.78 is 7.33. The molecule has 1 aromatic heterocycles. The number of halogens is 1. The predicted octanol–water partition coefficient (Wildman–Crippen LogP) is 8.96. The zero-order chi connectivity index (χ0) is 19.8. The van der Waals surface area contributed by atoms with Gasteiger partial charge < -0.3 is 4.42 Å². The minimum atomic E-state index is 0.918. The van der Waals surface area contributed by atoms with E-state index in [4.69, 9.17) is 4.42 Å². The topological polar surface area (TPSA) is 13.1 Å². The van der Waals surface area contributed by atoms with Crippen molar-refractivity contribution in [3.8, 4) is 0 Å². The van der Waals surface area contributed by atoms with Crippen LogP contribution in [0.2, 0.25) is 0 Å². The number of fused-ring (bicyclic) bond motifs is 11. The Morgan fingerprint density at radius 3 is 2.07 bits per heavy atom. The van der Waals surface area contributed by atoms with E-state index in [0.717, 1.165) is 26.4 Å². The molecule has 0 aliphatic rings. The summed E-state index contributed by atoms with van der Waals surface area (Å²) in [5.41, 5.74) is 1.85. The number of hydrogen-bond donors (Lipinski definition) is 0. The Morgan fingerprint density at radius 2 is 1.20 bits per heavy atom. The van der Waals surface area contributed by atoms with Gasteiger partial charge in [-0.15, -0.1) is 0 Å². The standard InChI is InChI=1S/C28H15BrO/c29-17-10-12-26-23(13-17)24-14-22-20-8-4-3-7-19(20)21-11-9-16-5-1-2-6-18(16)28(21)25(22)15-27(24)30-26/h1-15H. The Hall–Kier alpha value is -3.36. The van der Waals surface area contributed by atoms with E-state index in [2.05, 4.69) is 94.8 Å². The first-order chi connectivity index (χ1) is 14.8. The molecule has 0 aliphatic carbocycles. The van der Waals surface area contributed by atoms with E-state index in [9.17, 15) is 0 Å². The molecule has 0 amide bonds. The molecule has 30 heavy (non-hydrogen) atoms. The number of furan rings is 1. The molecule has 0 spiro atoms. The molecule has 7 aromatic rings. The van der Waals surface area contributed by atoms with Crippen LogP contribution in [0.1, 0.15) is 0 Å². The van der Waals surface area contributed by atoms with Crippen LogP contribution in [0.5, 0.6) is 0 Å². The van der Waals surface area contributed by atoms with Crippen molar-refractivity contribution in [2.45, 2.75) is 0 Å². The van der Waals surface area contributed by atoms with Gasteiger partial charge in [-0.2, -0.15) is 0 Å². The Kier molecular flexibility index (Phi) is 3.20. The van der Waals surface area contributed by atoms with Crippen molar-refractivity contribution in [1.82, 2.24) is 0 Å². The number of hydrogen-bond acceptors (Lipinski definition) is 1. The fourth-order valence-corrected chi connectivity index (χ4v) is 5.32. The summed E-state index contributed by atoms with van der Waals surface area (Å²) in [5, 5.41) is 12.5. The molecule has 6 aromatic carbocycles. The van der Waals surface area contributed by atoms with Crippen LogP contribution in [0.4, 0.5) is 0 Å². The van der Waals surface area contributed by atoms with Crippen LogP contribution in [0, 0.1) is 0 Å². The lowest BCUT2D eigenvalue weighted by molar-refractivity contribution is 0.669. The Bertz CT molecular complexity index is 1810. The number of benzene rings is 6. The van der Waals surface area contributed by atoms with Gasteiger partial charge in [-0.1, -0.05) is 76.6 Å². The Labute approximate surface area is 180 Å². The van der Waals surface area contributed by atoms with E-state index in [1.807, 2.05) is 12.1 Å². The highest BCUT2D eigenvalue weighted by molar-refractivity contribution is 9.10. The molecule has 0 radical (unpaired) electrons. The molecule has 1 heterocycles. The van der Waals surface area contributed by atoms with E-state index in [1.165, 1.54) is 43.1 Å². The minimum Gasteiger partial charge on any atom is -0.456 e. The highest BCUT2D eigenvalue weighted by atomic mass is 79.9. The monoisotopic (exact) mass is 446 g/mol. The van der Waals surface area contributed by atoms with Crippen molar-refractivity contribution in [1.29, 1.82) is 0 Å². The molecule has 1 nitrogen and oxygen atoms in total. The summed E-state index contributed by atoms with van der Waals surface area (Å²) in [4.78, 5) is 0. The van der Waals surface area contributed by atoms with Crippen LogP contribution in [0.25, 0.3) is 65.0 Å². The van der Waals surface area contributed by atoms with Crippen LogP contribution < -0.4 is 0 Å². The molecular formula is C28H15BrO. The van der Waals surface area contributed by atoms with Crippen LogP contribution in [-0.2, 0) is 0 Å². The SMILES string of the molecule is Brc1ccc2oc3cc4c(cc3c2c1)c1ccccc1c1ccc2ccccc2c14. The van der Waals surface area contributed by atoms with Gasteiger partial charge in [-0.3, -0.25) is 0 Å². The second-order valence-corrected chi connectivity index (χ2v) is 8.81. The fraction of sp³-hybridized carbons (Fsp3) is 0. The van der Waals surface area contributed by atoms with Gasteiger partial charge in [0.2, 0.25) is 0 Å². The van der Waals surface area contributed by atoms with E-state index in [0.29, 0.717) is 0 Å². The molecule has 2 heteroatoms. The normalized spacial score (nSPS) is 12.2. The predicted molar refractivity (Wildman–Crippen MR) is 131 cm³/mol. The van der Waals surface area contributed by atoms with Gasteiger partial charge in [0.25, 0.3) is 0 Å². The molecule has 0 saturated carbocycles. The maximum Gasteiger partial charge on any atom is 0.136 e.